The molecule has 0 aliphatic rings. The van der Waals surface area contributed by atoms with E-state index < -0.39 is 5.92 Å². The summed E-state index contributed by atoms with van der Waals surface area (Å²) in [5.74, 6) is -1.01. The molecule has 3 rings (SSSR count). The van der Waals surface area contributed by atoms with Crippen LogP contribution in [0.1, 0.15) is 29.4 Å². The quantitative estimate of drug-likeness (QED) is 0.632. The van der Waals surface area contributed by atoms with Crippen LogP contribution >= 0.6 is 0 Å². The fraction of sp³-hybridized carbons (Fsp3) is 0.182. The number of fused-ring (bicyclic) bond motifs is 1. The summed E-state index contributed by atoms with van der Waals surface area (Å²) < 4.78 is 4.87. The Balaban J connectivity index is 2.11. The van der Waals surface area contributed by atoms with Crippen LogP contribution < -0.4 is 0 Å². The van der Waals surface area contributed by atoms with Crippen molar-refractivity contribution in [1.82, 2.24) is 0 Å². The summed E-state index contributed by atoms with van der Waals surface area (Å²) >= 11 is 0. The highest BCUT2D eigenvalue weighted by molar-refractivity contribution is 5.86. The topological polar surface area (TPSA) is 50.1 Å². The second kappa shape index (κ2) is 7.63. The van der Waals surface area contributed by atoms with Crippen molar-refractivity contribution in [1.29, 1.82) is 5.26 Å². The fourth-order valence-corrected chi connectivity index (χ4v) is 3.29. The van der Waals surface area contributed by atoms with Crippen molar-refractivity contribution >= 4 is 16.7 Å². The van der Waals surface area contributed by atoms with Crippen molar-refractivity contribution in [2.45, 2.75) is 18.3 Å². The molecule has 3 aromatic rings. The van der Waals surface area contributed by atoms with Gasteiger partial charge in [0.1, 0.15) is 0 Å². The lowest BCUT2D eigenvalue weighted by atomic mass is 9.79. The molecule has 0 amide bonds. The van der Waals surface area contributed by atoms with Crippen LogP contribution in [0.3, 0.4) is 0 Å². The van der Waals surface area contributed by atoms with Crippen LogP contribution in [0.25, 0.3) is 10.8 Å². The van der Waals surface area contributed by atoms with E-state index in [1.54, 1.807) is 0 Å². The molecule has 0 heterocycles. The van der Waals surface area contributed by atoms with Gasteiger partial charge in [0.05, 0.1) is 25.5 Å². The first-order valence-corrected chi connectivity index (χ1v) is 8.23. The number of carbonyl (C=O) groups excluding carboxylic acids is 1. The van der Waals surface area contributed by atoms with Gasteiger partial charge in [0.2, 0.25) is 0 Å². The number of nitrogens with zero attached hydrogens (tertiary/aromatic N) is 1. The Morgan fingerprint density at radius 2 is 1.68 bits per heavy atom. The number of methoxy groups -OCH3 is 1. The van der Waals surface area contributed by atoms with Crippen molar-refractivity contribution in [2.75, 3.05) is 7.11 Å². The Kier molecular flexibility index (Phi) is 5.11. The van der Waals surface area contributed by atoms with E-state index in [0.717, 1.165) is 21.9 Å². The summed E-state index contributed by atoms with van der Waals surface area (Å²) in [7, 11) is 1.38. The second-order valence-electron chi connectivity index (χ2n) is 5.97. The Bertz CT molecular complexity index is 907. The van der Waals surface area contributed by atoms with E-state index in [1.807, 2.05) is 72.8 Å². The Morgan fingerprint density at radius 3 is 2.40 bits per heavy atom. The smallest absolute Gasteiger partial charge is 0.306 e. The van der Waals surface area contributed by atoms with Gasteiger partial charge in [-0.1, -0.05) is 72.8 Å². The summed E-state index contributed by atoms with van der Waals surface area (Å²) in [5.41, 5.74) is 1.91. The maximum atomic E-state index is 12.0. The number of ether oxygens (including phenoxy) is 1. The molecule has 0 bridgehead atoms. The third-order valence-electron chi connectivity index (χ3n) is 4.54. The molecule has 0 aromatic heterocycles. The van der Waals surface area contributed by atoms with Crippen molar-refractivity contribution in [2.24, 2.45) is 0 Å². The molecule has 3 heteroatoms. The van der Waals surface area contributed by atoms with Gasteiger partial charge in [0.25, 0.3) is 0 Å². The highest BCUT2D eigenvalue weighted by Crippen LogP contribution is 2.38. The summed E-state index contributed by atoms with van der Waals surface area (Å²) in [6.45, 7) is 0. The number of hydrogen-bond donors (Lipinski definition) is 0. The zero-order chi connectivity index (χ0) is 17.6. The third-order valence-corrected chi connectivity index (χ3v) is 4.54. The van der Waals surface area contributed by atoms with E-state index in [0.29, 0.717) is 0 Å². The zero-order valence-electron chi connectivity index (χ0n) is 14.1. The number of carbonyl (C=O) groups is 1. The Hall–Kier alpha value is -3.12. The monoisotopic (exact) mass is 329 g/mol. The van der Waals surface area contributed by atoms with Gasteiger partial charge in [0.15, 0.2) is 0 Å². The third kappa shape index (κ3) is 3.54. The van der Waals surface area contributed by atoms with Gasteiger partial charge in [0, 0.05) is 5.92 Å². The number of rotatable bonds is 5. The maximum absolute atomic E-state index is 12.0. The first-order valence-electron chi connectivity index (χ1n) is 8.23. The highest BCUT2D eigenvalue weighted by atomic mass is 16.5. The van der Waals surface area contributed by atoms with E-state index in [4.69, 9.17) is 4.74 Å². The largest absolute Gasteiger partial charge is 0.469 e. The van der Waals surface area contributed by atoms with Gasteiger partial charge in [-0.2, -0.15) is 5.26 Å². The summed E-state index contributed by atoms with van der Waals surface area (Å²) in [5, 5.41) is 12.1. The molecule has 0 spiro atoms. The first-order chi connectivity index (χ1) is 12.2. The molecule has 25 heavy (non-hydrogen) atoms. The molecular formula is C22H19NO2. The molecule has 2 unspecified atom stereocenters. The summed E-state index contributed by atoms with van der Waals surface area (Å²) in [6.07, 6.45) is 0.169. The van der Waals surface area contributed by atoms with Crippen LogP contribution in [0, 0.1) is 11.3 Å². The minimum atomic E-state index is -0.437. The van der Waals surface area contributed by atoms with Crippen LogP contribution in [-0.4, -0.2) is 13.1 Å². The predicted molar refractivity (Wildman–Crippen MR) is 98.1 cm³/mol. The first kappa shape index (κ1) is 16.7. The Labute approximate surface area is 147 Å². The van der Waals surface area contributed by atoms with Crippen LogP contribution in [-0.2, 0) is 9.53 Å². The fourth-order valence-electron chi connectivity index (χ4n) is 3.29. The van der Waals surface area contributed by atoms with Crippen molar-refractivity contribution in [3.8, 4) is 6.07 Å². The molecule has 3 nitrogen and oxygen atoms in total. The normalized spacial score (nSPS) is 13.0. The van der Waals surface area contributed by atoms with E-state index in [1.165, 1.54) is 7.11 Å². The molecule has 3 aromatic carbocycles. The molecule has 124 valence electrons. The van der Waals surface area contributed by atoms with E-state index in [9.17, 15) is 10.1 Å². The molecular weight excluding hydrogens is 310 g/mol. The van der Waals surface area contributed by atoms with Gasteiger partial charge in [-0.15, -0.1) is 0 Å². The predicted octanol–water partition coefficient (Wildman–Crippen LogP) is 4.79. The summed E-state index contributed by atoms with van der Waals surface area (Å²) in [4.78, 5) is 12.0. The lowest BCUT2D eigenvalue weighted by Crippen LogP contribution is -2.16. The maximum Gasteiger partial charge on any atom is 0.306 e. The van der Waals surface area contributed by atoms with Crippen LogP contribution in [0.4, 0.5) is 0 Å². The lowest BCUT2D eigenvalue weighted by Gasteiger charge is -2.23. The number of nitriles is 1. The van der Waals surface area contributed by atoms with Crippen molar-refractivity contribution in [3.05, 3.63) is 83.9 Å². The average Bonchev–Trinajstić information content (AvgIpc) is 2.68. The van der Waals surface area contributed by atoms with Crippen LogP contribution in [0.5, 0.6) is 0 Å². The van der Waals surface area contributed by atoms with Gasteiger partial charge in [-0.05, 0) is 21.9 Å². The SMILES string of the molecule is COC(=O)CC(c1ccccc1)C(C#N)c1cccc2ccccc12. The van der Waals surface area contributed by atoms with E-state index in [2.05, 4.69) is 6.07 Å². The summed E-state index contributed by atoms with van der Waals surface area (Å²) in [6, 6.07) is 26.1. The van der Waals surface area contributed by atoms with Gasteiger partial charge < -0.3 is 4.74 Å². The van der Waals surface area contributed by atoms with Crippen LogP contribution in [0.15, 0.2) is 72.8 Å². The number of hydrogen-bond acceptors (Lipinski definition) is 3. The molecule has 2 atom stereocenters. The molecule has 0 N–H and O–H groups in total. The van der Waals surface area contributed by atoms with Gasteiger partial charge in [-0.3, -0.25) is 4.79 Å². The van der Waals surface area contributed by atoms with Gasteiger partial charge >= 0.3 is 5.97 Å². The molecule has 0 radical (unpaired) electrons. The minimum Gasteiger partial charge on any atom is -0.469 e. The van der Waals surface area contributed by atoms with E-state index in [-0.39, 0.29) is 18.3 Å². The molecule has 0 aliphatic carbocycles. The number of esters is 1. The average molecular weight is 329 g/mol. The Morgan fingerprint density at radius 1 is 1.00 bits per heavy atom. The van der Waals surface area contributed by atoms with Crippen LogP contribution in [0.2, 0.25) is 0 Å². The molecule has 0 fully saturated rings. The molecule has 0 saturated carbocycles. The minimum absolute atomic E-state index is 0.169. The van der Waals surface area contributed by atoms with Crippen molar-refractivity contribution in [3.63, 3.8) is 0 Å². The highest BCUT2D eigenvalue weighted by Gasteiger charge is 2.28. The standard InChI is InChI=1S/C22H19NO2/c1-25-22(24)14-20(17-8-3-2-4-9-17)21(15-23)19-13-7-11-16-10-5-6-12-18(16)19/h2-13,20-21H,14H2,1H3. The zero-order valence-corrected chi connectivity index (χ0v) is 14.1. The van der Waals surface area contributed by atoms with Crippen molar-refractivity contribution < 1.29 is 9.53 Å². The lowest BCUT2D eigenvalue weighted by molar-refractivity contribution is -0.141. The van der Waals surface area contributed by atoms with Gasteiger partial charge in [-0.25, -0.2) is 0 Å². The van der Waals surface area contributed by atoms with E-state index >= 15 is 0 Å². The number of benzene rings is 3. The second-order valence-corrected chi connectivity index (χ2v) is 5.97. The molecule has 0 aliphatic heterocycles. The molecule has 0 saturated heterocycles.